The quantitative estimate of drug-likeness (QED) is 0.852. The summed E-state index contributed by atoms with van der Waals surface area (Å²) in [6.07, 6.45) is 0.878. The Balaban J connectivity index is 2.69. The van der Waals surface area contributed by atoms with Crippen molar-refractivity contribution in [2.75, 3.05) is 11.9 Å². The van der Waals surface area contributed by atoms with Gasteiger partial charge in [-0.1, -0.05) is 6.92 Å². The number of hydrogen-bond acceptors (Lipinski definition) is 2. The van der Waals surface area contributed by atoms with Gasteiger partial charge in [-0.05, 0) is 57.9 Å². The summed E-state index contributed by atoms with van der Waals surface area (Å²) >= 11 is 0. The number of ether oxygens (including phenoxy) is 1. The zero-order chi connectivity index (χ0) is 14.5. The maximum atomic E-state index is 11.9. The van der Waals surface area contributed by atoms with Crippen LogP contribution in [0.2, 0.25) is 0 Å². The molecular formula is C15H24N2O2. The number of rotatable bonds is 5. The number of anilines is 1. The number of amides is 2. The monoisotopic (exact) mass is 264 g/mol. The molecule has 1 rings (SSSR count). The number of carbonyl (C=O) groups is 1. The minimum atomic E-state index is -0.205. The predicted molar refractivity (Wildman–Crippen MR) is 78.9 cm³/mol. The van der Waals surface area contributed by atoms with Gasteiger partial charge < -0.3 is 15.4 Å². The van der Waals surface area contributed by atoms with E-state index in [1.54, 1.807) is 0 Å². The van der Waals surface area contributed by atoms with E-state index >= 15 is 0 Å². The molecule has 106 valence electrons. The molecule has 0 aliphatic carbocycles. The van der Waals surface area contributed by atoms with Crippen molar-refractivity contribution < 1.29 is 9.53 Å². The van der Waals surface area contributed by atoms with Gasteiger partial charge in [-0.3, -0.25) is 0 Å². The van der Waals surface area contributed by atoms with Crippen LogP contribution in [0.4, 0.5) is 10.5 Å². The number of nitrogens with one attached hydrogen (secondary N) is 2. The Kier molecular flexibility index (Phi) is 5.21. The number of urea groups is 1. The van der Waals surface area contributed by atoms with Crippen molar-refractivity contribution in [1.82, 2.24) is 5.32 Å². The molecule has 0 atom stereocenters. The lowest BCUT2D eigenvalue weighted by Gasteiger charge is -2.24. The highest BCUT2D eigenvalue weighted by molar-refractivity contribution is 5.90. The number of benzene rings is 1. The maximum absolute atomic E-state index is 11.9. The largest absolute Gasteiger partial charge is 0.494 e. The van der Waals surface area contributed by atoms with E-state index in [9.17, 15) is 4.79 Å². The molecule has 0 fully saturated rings. The topological polar surface area (TPSA) is 50.4 Å². The molecule has 0 aromatic heterocycles. The van der Waals surface area contributed by atoms with Gasteiger partial charge in [0.15, 0.2) is 0 Å². The van der Waals surface area contributed by atoms with E-state index in [0.29, 0.717) is 6.61 Å². The van der Waals surface area contributed by atoms with Gasteiger partial charge in [0, 0.05) is 11.2 Å². The van der Waals surface area contributed by atoms with Gasteiger partial charge in [-0.25, -0.2) is 4.79 Å². The first kappa shape index (κ1) is 15.3. The van der Waals surface area contributed by atoms with Crippen molar-refractivity contribution in [2.45, 2.75) is 46.6 Å². The van der Waals surface area contributed by atoms with Crippen molar-refractivity contribution in [3.8, 4) is 5.75 Å². The van der Waals surface area contributed by atoms with E-state index in [1.165, 1.54) is 0 Å². The van der Waals surface area contributed by atoms with E-state index in [0.717, 1.165) is 23.4 Å². The minimum absolute atomic E-state index is 0.181. The summed E-state index contributed by atoms with van der Waals surface area (Å²) in [5.41, 5.74) is 1.58. The summed E-state index contributed by atoms with van der Waals surface area (Å²) < 4.78 is 5.42. The second kappa shape index (κ2) is 6.45. The summed E-state index contributed by atoms with van der Waals surface area (Å²) in [5.74, 6) is 0.819. The van der Waals surface area contributed by atoms with Gasteiger partial charge >= 0.3 is 6.03 Å². The van der Waals surface area contributed by atoms with Crippen LogP contribution < -0.4 is 15.4 Å². The predicted octanol–water partition coefficient (Wildman–Crippen LogP) is 3.70. The number of carbonyl (C=O) groups excluding carboxylic acids is 1. The molecule has 1 aromatic rings. The second-order valence-electron chi connectivity index (χ2n) is 5.23. The molecule has 4 heteroatoms. The Hall–Kier alpha value is -1.71. The van der Waals surface area contributed by atoms with Crippen molar-refractivity contribution in [3.05, 3.63) is 23.8 Å². The SMILES string of the molecule is CCOc1ccc(NC(=O)NC(C)(C)CC)c(C)c1. The molecule has 4 nitrogen and oxygen atoms in total. The molecule has 2 N–H and O–H groups in total. The molecule has 0 unspecified atom stereocenters. The lowest BCUT2D eigenvalue weighted by Crippen LogP contribution is -2.45. The van der Waals surface area contributed by atoms with E-state index in [2.05, 4.69) is 10.6 Å². The molecule has 0 aliphatic heterocycles. The maximum Gasteiger partial charge on any atom is 0.319 e. The fraction of sp³-hybridized carbons (Fsp3) is 0.533. The first-order valence-corrected chi connectivity index (χ1v) is 6.70. The Bertz CT molecular complexity index is 442. The van der Waals surface area contributed by atoms with E-state index < -0.39 is 0 Å². The molecule has 0 saturated heterocycles. The van der Waals surface area contributed by atoms with Crippen LogP contribution in [0, 0.1) is 6.92 Å². The fourth-order valence-electron chi connectivity index (χ4n) is 1.58. The van der Waals surface area contributed by atoms with Gasteiger partial charge in [0.25, 0.3) is 0 Å². The molecule has 0 aliphatic rings. The molecule has 0 spiro atoms. The lowest BCUT2D eigenvalue weighted by atomic mass is 10.0. The Labute approximate surface area is 115 Å². The van der Waals surface area contributed by atoms with Crippen LogP contribution in [-0.2, 0) is 0 Å². The van der Waals surface area contributed by atoms with Gasteiger partial charge in [0.2, 0.25) is 0 Å². The molecule has 0 bridgehead atoms. The smallest absolute Gasteiger partial charge is 0.319 e. The normalized spacial score (nSPS) is 11.0. The molecule has 19 heavy (non-hydrogen) atoms. The Morgan fingerprint density at radius 2 is 2.00 bits per heavy atom. The van der Waals surface area contributed by atoms with Crippen molar-refractivity contribution in [3.63, 3.8) is 0 Å². The average Bonchev–Trinajstić information content (AvgIpc) is 2.32. The molecule has 1 aromatic carbocycles. The van der Waals surface area contributed by atoms with Crippen LogP contribution in [0.25, 0.3) is 0 Å². The molecular weight excluding hydrogens is 240 g/mol. The standard InChI is InChI=1S/C15H24N2O2/c1-6-15(4,5)17-14(18)16-13-9-8-12(19-7-2)10-11(13)3/h8-10H,6-7H2,1-5H3,(H2,16,17,18). The van der Waals surface area contributed by atoms with E-state index in [-0.39, 0.29) is 11.6 Å². The first-order valence-electron chi connectivity index (χ1n) is 6.70. The summed E-state index contributed by atoms with van der Waals surface area (Å²) in [5, 5.41) is 5.80. The van der Waals surface area contributed by atoms with Crippen LogP contribution in [0.15, 0.2) is 18.2 Å². The molecule has 0 saturated carbocycles. The number of aryl methyl sites for hydroxylation is 1. The highest BCUT2D eigenvalue weighted by atomic mass is 16.5. The van der Waals surface area contributed by atoms with Crippen LogP contribution in [-0.4, -0.2) is 18.2 Å². The third kappa shape index (κ3) is 4.81. The molecule has 0 heterocycles. The van der Waals surface area contributed by atoms with Gasteiger partial charge in [-0.15, -0.1) is 0 Å². The average molecular weight is 264 g/mol. The Morgan fingerprint density at radius 3 is 2.53 bits per heavy atom. The van der Waals surface area contributed by atoms with Gasteiger partial charge in [0.05, 0.1) is 6.61 Å². The van der Waals surface area contributed by atoms with Crippen LogP contribution >= 0.6 is 0 Å². The van der Waals surface area contributed by atoms with Crippen LogP contribution in [0.1, 0.15) is 39.7 Å². The fourth-order valence-corrected chi connectivity index (χ4v) is 1.58. The summed E-state index contributed by atoms with van der Waals surface area (Å²) in [7, 11) is 0. The molecule has 2 amide bonds. The third-order valence-electron chi connectivity index (χ3n) is 3.09. The van der Waals surface area contributed by atoms with Crippen LogP contribution in [0.3, 0.4) is 0 Å². The summed E-state index contributed by atoms with van der Waals surface area (Å²) in [4.78, 5) is 11.9. The Morgan fingerprint density at radius 1 is 1.32 bits per heavy atom. The first-order chi connectivity index (χ1) is 8.88. The lowest BCUT2D eigenvalue weighted by molar-refractivity contribution is 0.240. The zero-order valence-corrected chi connectivity index (χ0v) is 12.5. The summed E-state index contributed by atoms with van der Waals surface area (Å²) in [6, 6.07) is 5.46. The van der Waals surface area contributed by atoms with Crippen LogP contribution in [0.5, 0.6) is 5.75 Å². The summed E-state index contributed by atoms with van der Waals surface area (Å²) in [6.45, 7) is 10.6. The van der Waals surface area contributed by atoms with Gasteiger partial charge in [-0.2, -0.15) is 0 Å². The minimum Gasteiger partial charge on any atom is -0.494 e. The third-order valence-corrected chi connectivity index (χ3v) is 3.09. The van der Waals surface area contributed by atoms with Gasteiger partial charge in [0.1, 0.15) is 5.75 Å². The van der Waals surface area contributed by atoms with Crippen molar-refractivity contribution in [2.24, 2.45) is 0 Å². The van der Waals surface area contributed by atoms with Crippen molar-refractivity contribution >= 4 is 11.7 Å². The highest BCUT2D eigenvalue weighted by Gasteiger charge is 2.18. The van der Waals surface area contributed by atoms with E-state index in [1.807, 2.05) is 52.8 Å². The zero-order valence-electron chi connectivity index (χ0n) is 12.5. The van der Waals surface area contributed by atoms with Crippen molar-refractivity contribution in [1.29, 1.82) is 0 Å². The number of hydrogen-bond donors (Lipinski definition) is 2. The van der Waals surface area contributed by atoms with E-state index in [4.69, 9.17) is 4.74 Å². The molecule has 0 radical (unpaired) electrons. The highest BCUT2D eigenvalue weighted by Crippen LogP contribution is 2.21. The second-order valence-corrected chi connectivity index (χ2v) is 5.23.